The van der Waals surface area contributed by atoms with Crippen molar-refractivity contribution in [3.05, 3.63) is 60.0 Å². The van der Waals surface area contributed by atoms with E-state index in [4.69, 9.17) is 9.72 Å². The van der Waals surface area contributed by atoms with Gasteiger partial charge in [-0.3, -0.25) is 5.32 Å². The van der Waals surface area contributed by atoms with Crippen molar-refractivity contribution in [1.29, 1.82) is 5.26 Å². The Labute approximate surface area is 204 Å². The number of thiazole rings is 1. The molecule has 3 aromatic heterocycles. The van der Waals surface area contributed by atoms with E-state index >= 15 is 0 Å². The quantitative estimate of drug-likeness (QED) is 0.470. The van der Waals surface area contributed by atoms with Gasteiger partial charge in [0.05, 0.1) is 53.2 Å². The molecular weight excluding hydrogens is 464 g/mol. The summed E-state index contributed by atoms with van der Waals surface area (Å²) >= 11 is 1.38. The zero-order valence-corrected chi connectivity index (χ0v) is 19.6. The highest BCUT2D eigenvalue weighted by Crippen LogP contribution is 2.41. The van der Waals surface area contributed by atoms with Gasteiger partial charge in [-0.05, 0) is 30.7 Å². The number of anilines is 1. The third-order valence-corrected chi connectivity index (χ3v) is 7.20. The van der Waals surface area contributed by atoms with E-state index in [9.17, 15) is 10.1 Å². The van der Waals surface area contributed by atoms with E-state index in [1.165, 1.54) is 16.1 Å². The molecule has 0 aliphatic carbocycles. The van der Waals surface area contributed by atoms with Gasteiger partial charge in [0.15, 0.2) is 10.9 Å². The van der Waals surface area contributed by atoms with Gasteiger partial charge >= 0.3 is 6.03 Å². The Morgan fingerprint density at radius 1 is 1.20 bits per heavy atom. The molecule has 2 aliphatic heterocycles. The van der Waals surface area contributed by atoms with Crippen LogP contribution in [-0.4, -0.2) is 62.2 Å². The molecule has 174 valence electrons. The van der Waals surface area contributed by atoms with E-state index in [2.05, 4.69) is 26.6 Å². The van der Waals surface area contributed by atoms with Crippen LogP contribution in [0.1, 0.15) is 11.1 Å². The van der Waals surface area contributed by atoms with Crippen molar-refractivity contribution < 1.29 is 9.53 Å². The third kappa shape index (κ3) is 3.82. The third-order valence-electron chi connectivity index (χ3n) is 6.18. The lowest BCUT2D eigenvalue weighted by molar-refractivity contribution is -0.174. The van der Waals surface area contributed by atoms with Crippen LogP contribution >= 0.6 is 11.3 Å². The first-order valence-corrected chi connectivity index (χ1v) is 11.8. The fourth-order valence-electron chi connectivity index (χ4n) is 4.38. The van der Waals surface area contributed by atoms with Gasteiger partial charge in [0.1, 0.15) is 0 Å². The number of hydrogen-bond acceptors (Lipinski definition) is 8. The van der Waals surface area contributed by atoms with Gasteiger partial charge in [0.25, 0.3) is 0 Å². The van der Waals surface area contributed by atoms with Gasteiger partial charge in [-0.25, -0.2) is 14.8 Å². The normalized spacial score (nSPS) is 15.8. The topological polar surface area (TPSA) is 122 Å². The van der Waals surface area contributed by atoms with Gasteiger partial charge in [0, 0.05) is 30.4 Å². The molecule has 2 saturated heterocycles. The molecule has 0 saturated carbocycles. The van der Waals surface area contributed by atoms with Crippen LogP contribution in [0.3, 0.4) is 0 Å². The number of benzene rings is 1. The van der Waals surface area contributed by atoms with Gasteiger partial charge in [-0.2, -0.15) is 15.5 Å². The van der Waals surface area contributed by atoms with Crippen molar-refractivity contribution >= 4 is 22.5 Å². The van der Waals surface area contributed by atoms with Crippen LogP contribution in [0.4, 0.5) is 9.93 Å². The number of hydrogen-bond donors (Lipinski definition) is 1. The van der Waals surface area contributed by atoms with Crippen LogP contribution < -0.4 is 5.32 Å². The van der Waals surface area contributed by atoms with Crippen molar-refractivity contribution in [1.82, 2.24) is 29.9 Å². The van der Waals surface area contributed by atoms with Crippen LogP contribution in [0.5, 0.6) is 0 Å². The van der Waals surface area contributed by atoms with Crippen LogP contribution in [0.2, 0.25) is 0 Å². The van der Waals surface area contributed by atoms with Gasteiger partial charge in [0.2, 0.25) is 0 Å². The van der Waals surface area contributed by atoms with Crippen LogP contribution in [-0.2, 0) is 4.74 Å². The highest BCUT2D eigenvalue weighted by atomic mass is 32.1. The highest BCUT2D eigenvalue weighted by molar-refractivity contribution is 7.19. The molecule has 11 heteroatoms. The summed E-state index contributed by atoms with van der Waals surface area (Å²) in [7, 11) is 0. The zero-order chi connectivity index (χ0) is 24.0. The summed E-state index contributed by atoms with van der Waals surface area (Å²) in [6.07, 6.45) is 4.95. The van der Waals surface area contributed by atoms with Crippen molar-refractivity contribution in [3.63, 3.8) is 0 Å². The molecule has 2 amide bonds. The number of carbonyl (C=O) groups excluding carboxylic acids is 1. The molecular formula is C24H20N8O2S. The molecule has 2 fully saturated rings. The molecule has 10 nitrogen and oxygen atoms in total. The molecule has 6 rings (SSSR count). The average Bonchev–Trinajstić information content (AvgIpc) is 3.47. The zero-order valence-electron chi connectivity index (χ0n) is 18.8. The Morgan fingerprint density at radius 2 is 2.00 bits per heavy atom. The minimum atomic E-state index is -0.172. The van der Waals surface area contributed by atoms with Crippen LogP contribution in [0.25, 0.3) is 27.5 Å². The summed E-state index contributed by atoms with van der Waals surface area (Å²) in [5.74, 6) is 0.636. The highest BCUT2D eigenvalue weighted by Gasteiger charge is 2.50. The number of nitrogens with zero attached hydrogens (tertiary/aromatic N) is 7. The number of amides is 2. The molecule has 0 bridgehead atoms. The first-order valence-electron chi connectivity index (χ1n) is 11.0. The monoisotopic (exact) mass is 484 g/mol. The predicted molar refractivity (Wildman–Crippen MR) is 129 cm³/mol. The molecule has 5 heterocycles. The maximum absolute atomic E-state index is 12.8. The molecule has 1 N–H and O–H groups in total. The Morgan fingerprint density at radius 3 is 2.69 bits per heavy atom. The van der Waals surface area contributed by atoms with E-state index < -0.39 is 0 Å². The van der Waals surface area contributed by atoms with E-state index in [0.29, 0.717) is 48.5 Å². The summed E-state index contributed by atoms with van der Waals surface area (Å²) in [5.41, 5.74) is 3.89. The summed E-state index contributed by atoms with van der Waals surface area (Å²) in [6.45, 7) is 4.76. The average molecular weight is 485 g/mol. The second kappa shape index (κ2) is 8.26. The maximum Gasteiger partial charge on any atom is 0.323 e. The summed E-state index contributed by atoms with van der Waals surface area (Å²) in [4.78, 5) is 26.2. The van der Waals surface area contributed by atoms with Crippen LogP contribution in [0, 0.1) is 23.7 Å². The number of carbonyl (C=O) groups is 1. The second-order valence-electron chi connectivity index (χ2n) is 8.85. The lowest BCUT2D eigenvalue weighted by atomic mass is 9.78. The number of aromatic nitrogens is 5. The number of nitrogens with one attached hydrogen (secondary N) is 1. The Kier molecular flexibility index (Phi) is 5.05. The molecule has 0 unspecified atom stereocenters. The Bertz CT molecular complexity index is 1460. The Balaban J connectivity index is 1.35. The minimum Gasteiger partial charge on any atom is -0.380 e. The molecule has 35 heavy (non-hydrogen) atoms. The summed E-state index contributed by atoms with van der Waals surface area (Å²) in [6, 6.07) is 11.3. The molecule has 0 atom stereocenters. The largest absolute Gasteiger partial charge is 0.380 e. The smallest absolute Gasteiger partial charge is 0.323 e. The van der Waals surface area contributed by atoms with Crippen molar-refractivity contribution in [3.8, 4) is 33.6 Å². The van der Waals surface area contributed by atoms with E-state index in [1.54, 1.807) is 35.6 Å². The predicted octanol–water partition coefficient (Wildman–Crippen LogP) is 3.50. The number of nitriles is 1. The second-order valence-corrected chi connectivity index (χ2v) is 9.85. The number of rotatable bonds is 4. The molecule has 1 spiro atoms. The molecule has 4 aromatic rings. The SMILES string of the molecule is Cc1cc(-c2sc(NC(=O)N3CC4(COC4)C3)nc2-c2cccc(C#N)c2)cnc1-n1nccn1. The number of pyridine rings is 1. The standard InChI is InChI=1S/C24H20N8O2S/c1-15-7-18(10-26-21(15)32-27-5-6-28-32)20-19(17-4-2-3-16(8-17)9-25)29-22(35-20)30-23(33)31-11-24(12-31)13-34-14-24/h2-8,10H,11-14H2,1H3,(H,29,30,33). The van der Waals surface area contributed by atoms with Gasteiger partial charge in [-0.15, -0.1) is 4.80 Å². The lowest BCUT2D eigenvalue weighted by Crippen LogP contribution is -2.67. The fraction of sp³-hybridized carbons (Fsp3) is 0.250. The number of ether oxygens (including phenoxy) is 1. The van der Waals surface area contributed by atoms with Crippen molar-refractivity contribution in [2.45, 2.75) is 6.92 Å². The van der Waals surface area contributed by atoms with E-state index in [-0.39, 0.29) is 11.4 Å². The lowest BCUT2D eigenvalue weighted by Gasteiger charge is -2.54. The fourth-order valence-corrected chi connectivity index (χ4v) is 5.34. The number of likely N-dealkylation sites (tertiary alicyclic amines) is 1. The van der Waals surface area contributed by atoms with Crippen molar-refractivity contribution in [2.75, 3.05) is 31.6 Å². The first-order chi connectivity index (χ1) is 17.0. The minimum absolute atomic E-state index is 0.142. The van der Waals surface area contributed by atoms with E-state index in [0.717, 1.165) is 21.6 Å². The molecule has 1 aromatic carbocycles. The maximum atomic E-state index is 12.8. The molecule has 0 radical (unpaired) electrons. The van der Waals surface area contributed by atoms with Crippen molar-refractivity contribution in [2.24, 2.45) is 5.41 Å². The van der Waals surface area contributed by atoms with Crippen LogP contribution in [0.15, 0.2) is 48.9 Å². The van der Waals surface area contributed by atoms with Gasteiger partial charge < -0.3 is 9.64 Å². The number of aryl methyl sites for hydroxylation is 1. The summed E-state index contributed by atoms with van der Waals surface area (Å²) in [5, 5.41) is 21.1. The Hall–Kier alpha value is -4.14. The summed E-state index contributed by atoms with van der Waals surface area (Å²) < 4.78 is 5.30. The first kappa shape index (κ1) is 21.4. The van der Waals surface area contributed by atoms with E-state index in [1.807, 2.05) is 25.1 Å². The van der Waals surface area contributed by atoms with Gasteiger partial charge in [-0.1, -0.05) is 23.5 Å². The molecule has 2 aliphatic rings. The number of urea groups is 1.